The fourth-order valence-corrected chi connectivity index (χ4v) is 3.43. The van der Waals surface area contributed by atoms with Crippen LogP contribution in [0.3, 0.4) is 0 Å². The zero-order valence-corrected chi connectivity index (χ0v) is 12.3. The molecular weight excluding hydrogens is 224 g/mol. The Morgan fingerprint density at radius 3 is 1.44 bits per heavy atom. The van der Waals surface area contributed by atoms with Crippen molar-refractivity contribution in [2.24, 2.45) is 0 Å². The minimum atomic E-state index is -2.88. The van der Waals surface area contributed by atoms with Crippen LogP contribution in [-0.4, -0.2) is 44.1 Å². The molecule has 0 rings (SSSR count). The van der Waals surface area contributed by atoms with E-state index in [-0.39, 0.29) is 30.8 Å². The monoisotopic (exact) mass is 250 g/mol. The maximum atomic E-state index is 10.3. The van der Waals surface area contributed by atoms with Crippen molar-refractivity contribution in [3.63, 3.8) is 0 Å². The van der Waals surface area contributed by atoms with Crippen molar-refractivity contribution in [2.45, 2.75) is 59.9 Å². The quantitative estimate of drug-likeness (QED) is 0.667. The van der Waals surface area contributed by atoms with Gasteiger partial charge in [-0.25, -0.2) is 0 Å². The van der Waals surface area contributed by atoms with Crippen LogP contribution in [0.15, 0.2) is 0 Å². The van der Waals surface area contributed by atoms with Crippen molar-refractivity contribution in [1.29, 1.82) is 0 Å². The number of hydrogen-bond acceptors (Lipinski definition) is 4. The van der Waals surface area contributed by atoms with Gasteiger partial charge in [0.05, 0.1) is 24.7 Å². The van der Waals surface area contributed by atoms with E-state index >= 15 is 0 Å². The molecule has 1 N–H and O–H groups in total. The highest BCUT2D eigenvalue weighted by molar-refractivity contribution is 6.66. The lowest BCUT2D eigenvalue weighted by Gasteiger charge is -2.28. The van der Waals surface area contributed by atoms with Crippen LogP contribution in [0, 0.1) is 0 Å². The van der Waals surface area contributed by atoms with Crippen molar-refractivity contribution in [3.8, 4) is 0 Å². The smallest absolute Gasteiger partial charge is 0.389 e. The van der Waals surface area contributed by atoms with Gasteiger partial charge in [-0.1, -0.05) is 0 Å². The first-order valence-corrected chi connectivity index (χ1v) is 8.15. The Morgan fingerprint density at radius 1 is 0.812 bits per heavy atom. The molecule has 0 aliphatic heterocycles. The average molecular weight is 250 g/mol. The summed E-state index contributed by atoms with van der Waals surface area (Å²) in [5, 5.41) is 0. The molecule has 0 unspecified atom stereocenters. The van der Waals surface area contributed by atoms with E-state index in [9.17, 15) is 4.80 Å². The van der Waals surface area contributed by atoms with Crippen molar-refractivity contribution < 1.29 is 18.7 Å². The van der Waals surface area contributed by atoms with Gasteiger partial charge in [-0.15, -0.1) is 0 Å². The van der Waals surface area contributed by atoms with Gasteiger partial charge in [-0.2, -0.15) is 0 Å². The lowest BCUT2D eigenvalue weighted by Crippen LogP contribution is -2.52. The number of hydrogen-bond donors (Lipinski definition) is 1. The third-order valence-corrected chi connectivity index (χ3v) is 3.89. The summed E-state index contributed by atoms with van der Waals surface area (Å²) in [5.41, 5.74) is 0. The summed E-state index contributed by atoms with van der Waals surface area (Å²) in [6.07, 6.45) is 0.691. The first-order chi connectivity index (χ1) is 7.25. The molecule has 16 heavy (non-hydrogen) atoms. The minimum absolute atomic E-state index is 0.0109. The summed E-state index contributed by atoms with van der Waals surface area (Å²) in [7, 11) is -2.88. The molecule has 0 fully saturated rings. The van der Waals surface area contributed by atoms with Crippen LogP contribution in [0.1, 0.15) is 41.5 Å². The van der Waals surface area contributed by atoms with Gasteiger partial charge in [0.2, 0.25) is 0 Å². The second-order valence-electron chi connectivity index (χ2n) is 4.83. The second kappa shape index (κ2) is 7.40. The van der Waals surface area contributed by atoms with Crippen molar-refractivity contribution in [2.75, 3.05) is 12.5 Å². The zero-order chi connectivity index (χ0) is 12.8. The fourth-order valence-electron chi connectivity index (χ4n) is 1.14. The molecule has 0 amide bonds. The van der Waals surface area contributed by atoms with Crippen LogP contribution in [0.25, 0.3) is 0 Å². The van der Waals surface area contributed by atoms with E-state index in [2.05, 4.69) is 0 Å². The molecule has 4 nitrogen and oxygen atoms in total. The Bertz CT molecular complexity index is 171. The molecular formula is C11H26O4Si. The predicted molar refractivity (Wildman–Crippen MR) is 66.4 cm³/mol. The highest BCUT2D eigenvalue weighted by atomic mass is 28.4. The van der Waals surface area contributed by atoms with E-state index in [0.717, 1.165) is 0 Å². The molecule has 0 aromatic carbocycles. The van der Waals surface area contributed by atoms with Gasteiger partial charge in [0.15, 0.2) is 0 Å². The van der Waals surface area contributed by atoms with Crippen LogP contribution in [0.4, 0.5) is 0 Å². The van der Waals surface area contributed by atoms with Gasteiger partial charge in [-0.3, -0.25) is 0 Å². The molecule has 0 aromatic heterocycles. The molecule has 98 valence electrons. The maximum absolute atomic E-state index is 10.3. The minimum Gasteiger partial charge on any atom is -0.408 e. The first-order valence-electron chi connectivity index (χ1n) is 5.88. The van der Waals surface area contributed by atoms with E-state index in [1.807, 2.05) is 41.5 Å². The van der Waals surface area contributed by atoms with Crippen LogP contribution < -0.4 is 0 Å². The van der Waals surface area contributed by atoms with Gasteiger partial charge < -0.3 is 18.7 Å². The summed E-state index contributed by atoms with van der Waals surface area (Å²) in [4.78, 5) is 10.3. The first kappa shape index (κ1) is 16.1. The third kappa shape index (κ3) is 8.24. The van der Waals surface area contributed by atoms with Gasteiger partial charge in [0, 0.05) is 6.10 Å². The molecule has 0 spiro atoms. The second-order valence-corrected chi connectivity index (χ2v) is 7.54. The average Bonchev–Trinajstić information content (AvgIpc) is 2.11. The van der Waals surface area contributed by atoms with E-state index in [0.29, 0.717) is 0 Å². The summed E-state index contributed by atoms with van der Waals surface area (Å²) in [6, 6.07) is 0. The highest BCUT2D eigenvalue weighted by Crippen LogP contribution is 2.09. The Kier molecular flexibility index (Phi) is 7.42. The molecule has 0 saturated heterocycles. The zero-order valence-electron chi connectivity index (χ0n) is 11.3. The predicted octanol–water partition coefficient (Wildman–Crippen LogP) is 1.77. The van der Waals surface area contributed by atoms with Gasteiger partial charge >= 0.3 is 8.56 Å². The van der Waals surface area contributed by atoms with Crippen LogP contribution in [0.2, 0.25) is 0 Å². The molecule has 0 aromatic rings. The van der Waals surface area contributed by atoms with Crippen LogP contribution in [0.5, 0.6) is 0 Å². The third-order valence-electron chi connectivity index (χ3n) is 1.74. The number of ether oxygens (including phenoxy) is 2. The molecule has 0 atom stereocenters. The largest absolute Gasteiger partial charge is 0.408 e. The van der Waals surface area contributed by atoms with Gasteiger partial charge in [0.1, 0.15) is 0 Å². The summed E-state index contributed by atoms with van der Waals surface area (Å²) in [6.45, 7) is 11.6. The topological polar surface area (TPSA) is 47.9 Å². The van der Waals surface area contributed by atoms with Crippen molar-refractivity contribution in [1.82, 2.24) is 0 Å². The Labute approximate surface area is 100 Å². The standard InChI is InChI=1S/C11H26O4Si/c1-9(2)13-7-16(12,15-11(5)6)8-14-10(3)4/h9-12H,7-8H2,1-6H3. The van der Waals surface area contributed by atoms with Crippen LogP contribution in [-0.2, 0) is 13.9 Å². The number of rotatable bonds is 8. The molecule has 0 heterocycles. The van der Waals surface area contributed by atoms with Crippen LogP contribution >= 0.6 is 0 Å². The lowest BCUT2D eigenvalue weighted by atomic mass is 10.5. The molecule has 0 radical (unpaired) electrons. The Morgan fingerprint density at radius 2 is 1.19 bits per heavy atom. The summed E-state index contributed by atoms with van der Waals surface area (Å²) < 4.78 is 16.5. The maximum Gasteiger partial charge on any atom is 0.389 e. The highest BCUT2D eigenvalue weighted by Gasteiger charge is 2.36. The Hall–Kier alpha value is 0.0569. The summed E-state index contributed by atoms with van der Waals surface area (Å²) >= 11 is 0. The molecule has 5 heteroatoms. The van der Waals surface area contributed by atoms with E-state index in [1.165, 1.54) is 0 Å². The SMILES string of the molecule is CC(C)OC[Si](O)(COC(C)C)OC(C)C. The fraction of sp³-hybridized carbons (Fsp3) is 1.00. The summed E-state index contributed by atoms with van der Waals surface area (Å²) in [5.74, 6) is 0. The van der Waals surface area contributed by atoms with Gasteiger partial charge in [0.25, 0.3) is 0 Å². The van der Waals surface area contributed by atoms with Gasteiger partial charge in [-0.05, 0) is 41.5 Å². The Balaban J connectivity index is 4.23. The van der Waals surface area contributed by atoms with Crippen molar-refractivity contribution in [3.05, 3.63) is 0 Å². The molecule has 0 saturated carbocycles. The van der Waals surface area contributed by atoms with E-state index in [4.69, 9.17) is 13.9 Å². The molecule has 0 aliphatic rings. The lowest BCUT2D eigenvalue weighted by molar-refractivity contribution is 0.0360. The molecule has 0 bridgehead atoms. The molecule has 0 aliphatic carbocycles. The van der Waals surface area contributed by atoms with Crippen molar-refractivity contribution >= 4 is 8.56 Å². The van der Waals surface area contributed by atoms with E-state index < -0.39 is 8.56 Å². The normalized spacial score (nSPS) is 13.1. The van der Waals surface area contributed by atoms with E-state index in [1.54, 1.807) is 0 Å².